The van der Waals surface area contributed by atoms with Crippen molar-refractivity contribution < 1.29 is 5.11 Å². The minimum atomic E-state index is -0.171. The largest absolute Gasteiger partial charge is 0.392 e. The summed E-state index contributed by atoms with van der Waals surface area (Å²) >= 11 is 0. The summed E-state index contributed by atoms with van der Waals surface area (Å²) in [6.07, 6.45) is 6.18. The van der Waals surface area contributed by atoms with Gasteiger partial charge < -0.3 is 10.4 Å². The zero-order valence-electron chi connectivity index (χ0n) is 10.5. The molecule has 0 radical (unpaired) electrons. The van der Waals surface area contributed by atoms with Gasteiger partial charge in [0.25, 0.3) is 0 Å². The Balaban J connectivity index is 2.15. The van der Waals surface area contributed by atoms with E-state index in [4.69, 9.17) is 0 Å². The van der Waals surface area contributed by atoms with Crippen LogP contribution in [0.15, 0.2) is 0 Å². The van der Waals surface area contributed by atoms with Crippen LogP contribution in [0.4, 0.5) is 0 Å². The van der Waals surface area contributed by atoms with E-state index in [2.05, 4.69) is 26.1 Å². The fourth-order valence-corrected chi connectivity index (χ4v) is 2.39. The van der Waals surface area contributed by atoms with Crippen molar-refractivity contribution in [2.24, 2.45) is 11.8 Å². The minimum Gasteiger partial charge on any atom is -0.392 e. The lowest BCUT2D eigenvalue weighted by Crippen LogP contribution is -2.36. The SMILES string of the molecule is CCC1CCC(NCC(O)C(C)CC)C1. The second-order valence-corrected chi connectivity index (χ2v) is 5.15. The van der Waals surface area contributed by atoms with E-state index in [0.717, 1.165) is 18.9 Å². The molecule has 0 aromatic rings. The molecule has 0 spiro atoms. The Morgan fingerprint density at radius 2 is 2.07 bits per heavy atom. The zero-order valence-corrected chi connectivity index (χ0v) is 10.5. The molecule has 1 rings (SSSR count). The van der Waals surface area contributed by atoms with Gasteiger partial charge in [-0.3, -0.25) is 0 Å². The fraction of sp³-hybridized carbons (Fsp3) is 1.00. The van der Waals surface area contributed by atoms with E-state index >= 15 is 0 Å². The van der Waals surface area contributed by atoms with Gasteiger partial charge >= 0.3 is 0 Å². The lowest BCUT2D eigenvalue weighted by Gasteiger charge is -2.20. The van der Waals surface area contributed by atoms with Crippen molar-refractivity contribution in [1.29, 1.82) is 0 Å². The van der Waals surface area contributed by atoms with Crippen molar-refractivity contribution in [1.82, 2.24) is 5.32 Å². The normalized spacial score (nSPS) is 30.4. The van der Waals surface area contributed by atoms with E-state index < -0.39 is 0 Å². The van der Waals surface area contributed by atoms with E-state index in [1.165, 1.54) is 25.7 Å². The Bertz CT molecular complexity index is 172. The van der Waals surface area contributed by atoms with E-state index in [1.807, 2.05) is 0 Å². The molecule has 0 bridgehead atoms. The molecule has 2 N–H and O–H groups in total. The van der Waals surface area contributed by atoms with E-state index in [9.17, 15) is 5.11 Å². The molecule has 0 aliphatic heterocycles. The first-order valence-electron chi connectivity index (χ1n) is 6.58. The highest BCUT2D eigenvalue weighted by Crippen LogP contribution is 2.27. The molecule has 0 aromatic carbocycles. The number of aliphatic hydroxyl groups is 1. The summed E-state index contributed by atoms with van der Waals surface area (Å²) in [6.45, 7) is 7.31. The predicted molar refractivity (Wildman–Crippen MR) is 64.9 cm³/mol. The highest BCUT2D eigenvalue weighted by molar-refractivity contribution is 4.81. The summed E-state index contributed by atoms with van der Waals surface area (Å²) in [5.41, 5.74) is 0. The Labute approximate surface area is 94.5 Å². The molecule has 0 heterocycles. The molecule has 0 amide bonds. The van der Waals surface area contributed by atoms with E-state index in [-0.39, 0.29) is 6.10 Å². The smallest absolute Gasteiger partial charge is 0.0690 e. The average Bonchev–Trinajstić information content (AvgIpc) is 2.72. The molecule has 15 heavy (non-hydrogen) atoms. The Morgan fingerprint density at radius 3 is 2.60 bits per heavy atom. The lowest BCUT2D eigenvalue weighted by molar-refractivity contribution is 0.109. The van der Waals surface area contributed by atoms with Crippen LogP contribution in [0.2, 0.25) is 0 Å². The molecule has 90 valence electrons. The highest BCUT2D eigenvalue weighted by Gasteiger charge is 2.23. The third-order valence-corrected chi connectivity index (χ3v) is 4.04. The van der Waals surface area contributed by atoms with Gasteiger partial charge in [0.2, 0.25) is 0 Å². The number of hydrogen-bond acceptors (Lipinski definition) is 2. The van der Waals surface area contributed by atoms with Gasteiger partial charge in [-0.2, -0.15) is 0 Å². The second kappa shape index (κ2) is 6.49. The molecule has 2 heteroatoms. The third-order valence-electron chi connectivity index (χ3n) is 4.04. The third kappa shape index (κ3) is 4.12. The van der Waals surface area contributed by atoms with Gasteiger partial charge in [0.15, 0.2) is 0 Å². The topological polar surface area (TPSA) is 32.3 Å². The summed E-state index contributed by atoms with van der Waals surface area (Å²) in [6, 6.07) is 0.661. The molecule has 0 aromatic heterocycles. The van der Waals surface area contributed by atoms with E-state index in [1.54, 1.807) is 0 Å². The standard InChI is InChI=1S/C13H27NO/c1-4-10(3)13(15)9-14-12-7-6-11(5-2)8-12/h10-15H,4-9H2,1-3H3. The van der Waals surface area contributed by atoms with Crippen LogP contribution in [0, 0.1) is 11.8 Å². The quantitative estimate of drug-likeness (QED) is 0.711. The number of rotatable bonds is 6. The summed E-state index contributed by atoms with van der Waals surface area (Å²) in [4.78, 5) is 0. The van der Waals surface area contributed by atoms with Crippen LogP contribution in [-0.4, -0.2) is 23.8 Å². The van der Waals surface area contributed by atoms with Crippen LogP contribution in [0.1, 0.15) is 52.9 Å². The molecule has 1 aliphatic rings. The van der Waals surface area contributed by atoms with Crippen LogP contribution >= 0.6 is 0 Å². The summed E-state index contributed by atoms with van der Waals surface area (Å²) < 4.78 is 0. The molecule has 4 unspecified atom stereocenters. The highest BCUT2D eigenvalue weighted by atomic mass is 16.3. The Morgan fingerprint density at radius 1 is 1.33 bits per heavy atom. The molecule has 2 nitrogen and oxygen atoms in total. The number of aliphatic hydroxyl groups excluding tert-OH is 1. The van der Waals surface area contributed by atoms with Gasteiger partial charge in [0.05, 0.1) is 6.10 Å². The average molecular weight is 213 g/mol. The number of hydrogen-bond donors (Lipinski definition) is 2. The van der Waals surface area contributed by atoms with Gasteiger partial charge in [-0.1, -0.05) is 33.6 Å². The molecule has 0 saturated heterocycles. The first-order chi connectivity index (χ1) is 7.17. The molecule has 1 aliphatic carbocycles. The van der Waals surface area contributed by atoms with Crippen molar-refractivity contribution in [3.8, 4) is 0 Å². The van der Waals surface area contributed by atoms with Gasteiger partial charge in [-0.15, -0.1) is 0 Å². The zero-order chi connectivity index (χ0) is 11.3. The second-order valence-electron chi connectivity index (χ2n) is 5.15. The van der Waals surface area contributed by atoms with Crippen molar-refractivity contribution in [2.75, 3.05) is 6.54 Å². The van der Waals surface area contributed by atoms with Crippen LogP contribution in [0.5, 0.6) is 0 Å². The first kappa shape index (κ1) is 13.0. The van der Waals surface area contributed by atoms with Crippen LogP contribution in [0.3, 0.4) is 0 Å². The number of nitrogens with one attached hydrogen (secondary N) is 1. The summed E-state index contributed by atoms with van der Waals surface area (Å²) in [5, 5.41) is 13.3. The van der Waals surface area contributed by atoms with Crippen LogP contribution < -0.4 is 5.32 Å². The monoisotopic (exact) mass is 213 g/mol. The van der Waals surface area contributed by atoms with Gasteiger partial charge in [0.1, 0.15) is 0 Å². The Kier molecular flexibility index (Phi) is 5.62. The maximum absolute atomic E-state index is 9.84. The summed E-state index contributed by atoms with van der Waals surface area (Å²) in [7, 11) is 0. The Hall–Kier alpha value is -0.0800. The summed E-state index contributed by atoms with van der Waals surface area (Å²) in [5.74, 6) is 1.34. The fourth-order valence-electron chi connectivity index (χ4n) is 2.39. The predicted octanol–water partition coefficient (Wildman–Crippen LogP) is 2.56. The van der Waals surface area contributed by atoms with Crippen LogP contribution in [0.25, 0.3) is 0 Å². The lowest BCUT2D eigenvalue weighted by atomic mass is 10.0. The van der Waals surface area contributed by atoms with Crippen molar-refractivity contribution in [3.63, 3.8) is 0 Å². The molecule has 1 saturated carbocycles. The molecular formula is C13H27NO. The van der Waals surface area contributed by atoms with E-state index in [0.29, 0.717) is 12.0 Å². The van der Waals surface area contributed by atoms with Crippen molar-refractivity contribution >= 4 is 0 Å². The van der Waals surface area contributed by atoms with Gasteiger partial charge in [0, 0.05) is 12.6 Å². The minimum absolute atomic E-state index is 0.171. The van der Waals surface area contributed by atoms with Crippen molar-refractivity contribution in [2.45, 2.75) is 65.0 Å². The van der Waals surface area contributed by atoms with Gasteiger partial charge in [-0.25, -0.2) is 0 Å². The first-order valence-corrected chi connectivity index (χ1v) is 6.58. The van der Waals surface area contributed by atoms with Crippen LogP contribution in [-0.2, 0) is 0 Å². The maximum Gasteiger partial charge on any atom is 0.0690 e. The maximum atomic E-state index is 9.84. The van der Waals surface area contributed by atoms with Gasteiger partial charge in [-0.05, 0) is 31.1 Å². The molecule has 4 atom stereocenters. The molecule has 1 fully saturated rings. The van der Waals surface area contributed by atoms with Crippen molar-refractivity contribution in [3.05, 3.63) is 0 Å². The molecular weight excluding hydrogens is 186 g/mol.